The number of rotatable bonds is 6. The molecule has 28 heavy (non-hydrogen) atoms. The van der Waals surface area contributed by atoms with Gasteiger partial charge in [-0.05, 0) is 49.6 Å². The molecule has 0 radical (unpaired) electrons. The SMILES string of the molecule is OC[C@]1(Cc2ccccc2F)CCCN(Cc2cnn(-c3ccccc3)c2)C1. The van der Waals surface area contributed by atoms with Crippen LogP contribution in [0.5, 0.6) is 0 Å². The maximum Gasteiger partial charge on any atom is 0.126 e. The van der Waals surface area contributed by atoms with Crippen molar-refractivity contribution in [2.45, 2.75) is 25.8 Å². The first-order chi connectivity index (χ1) is 13.7. The van der Waals surface area contributed by atoms with E-state index in [1.165, 1.54) is 6.07 Å². The van der Waals surface area contributed by atoms with Crippen LogP contribution >= 0.6 is 0 Å². The van der Waals surface area contributed by atoms with Crippen LogP contribution in [0, 0.1) is 11.2 Å². The molecule has 4 rings (SSSR count). The molecule has 3 aromatic rings. The van der Waals surface area contributed by atoms with Gasteiger partial charge in [-0.1, -0.05) is 36.4 Å². The number of hydrogen-bond acceptors (Lipinski definition) is 3. The Morgan fingerprint density at radius 3 is 2.64 bits per heavy atom. The summed E-state index contributed by atoms with van der Waals surface area (Å²) in [4.78, 5) is 2.35. The highest BCUT2D eigenvalue weighted by molar-refractivity contribution is 5.31. The molecule has 2 heterocycles. The highest BCUT2D eigenvalue weighted by Crippen LogP contribution is 2.34. The Labute approximate surface area is 165 Å². The van der Waals surface area contributed by atoms with Crippen LogP contribution in [0.25, 0.3) is 5.69 Å². The minimum atomic E-state index is -0.296. The topological polar surface area (TPSA) is 41.3 Å². The Bertz CT molecular complexity index is 911. The van der Waals surface area contributed by atoms with Crippen LogP contribution in [0.4, 0.5) is 4.39 Å². The van der Waals surface area contributed by atoms with Crippen molar-refractivity contribution in [2.75, 3.05) is 19.7 Å². The van der Waals surface area contributed by atoms with Gasteiger partial charge in [0.15, 0.2) is 0 Å². The van der Waals surface area contributed by atoms with Crippen molar-refractivity contribution >= 4 is 0 Å². The molecule has 0 unspecified atom stereocenters. The highest BCUT2D eigenvalue weighted by atomic mass is 19.1. The Morgan fingerprint density at radius 2 is 1.86 bits per heavy atom. The summed E-state index contributed by atoms with van der Waals surface area (Å²) in [5.74, 6) is -0.184. The average molecular weight is 379 g/mol. The van der Waals surface area contributed by atoms with Crippen LogP contribution in [0.1, 0.15) is 24.0 Å². The van der Waals surface area contributed by atoms with Gasteiger partial charge in [-0.25, -0.2) is 9.07 Å². The van der Waals surface area contributed by atoms with Crippen molar-refractivity contribution in [3.63, 3.8) is 0 Å². The number of aliphatic hydroxyl groups excluding tert-OH is 1. The minimum absolute atomic E-state index is 0.0705. The van der Waals surface area contributed by atoms with Crippen LogP contribution in [-0.2, 0) is 13.0 Å². The second-order valence-electron chi connectivity index (χ2n) is 7.87. The monoisotopic (exact) mass is 379 g/mol. The molecule has 0 bridgehead atoms. The van der Waals surface area contributed by atoms with Crippen LogP contribution in [-0.4, -0.2) is 39.5 Å². The van der Waals surface area contributed by atoms with Crippen LogP contribution < -0.4 is 0 Å². The molecule has 0 amide bonds. The molecule has 1 aliphatic heterocycles. The number of halogens is 1. The van der Waals surface area contributed by atoms with Gasteiger partial charge in [-0.3, -0.25) is 4.90 Å². The summed E-state index contributed by atoms with van der Waals surface area (Å²) in [5.41, 5.74) is 2.58. The van der Waals surface area contributed by atoms with E-state index in [9.17, 15) is 9.50 Å². The number of nitrogens with zero attached hydrogens (tertiary/aromatic N) is 3. The third-order valence-electron chi connectivity index (χ3n) is 5.66. The molecule has 1 saturated heterocycles. The summed E-state index contributed by atoms with van der Waals surface area (Å²) < 4.78 is 16.0. The third kappa shape index (κ3) is 4.16. The smallest absolute Gasteiger partial charge is 0.126 e. The summed E-state index contributed by atoms with van der Waals surface area (Å²) in [7, 11) is 0. The summed E-state index contributed by atoms with van der Waals surface area (Å²) in [6.07, 6.45) is 6.44. The molecular weight excluding hydrogens is 353 g/mol. The number of benzene rings is 2. The molecule has 0 spiro atoms. The van der Waals surface area contributed by atoms with Gasteiger partial charge >= 0.3 is 0 Å². The standard InChI is InChI=1S/C23H26FN3O/c24-22-10-5-4-7-20(22)13-23(18-28)11-6-12-26(17-23)15-19-14-25-27(16-19)21-8-2-1-3-9-21/h1-5,7-10,14,16,28H,6,11-13,15,17-18H2/t23-/m0/s1. The molecule has 1 N–H and O–H groups in total. The predicted molar refractivity (Wildman–Crippen MR) is 108 cm³/mol. The molecule has 5 heteroatoms. The second-order valence-corrected chi connectivity index (χ2v) is 7.87. The number of aromatic nitrogens is 2. The molecule has 1 fully saturated rings. The number of likely N-dealkylation sites (tertiary alicyclic amines) is 1. The lowest BCUT2D eigenvalue weighted by Gasteiger charge is -2.42. The zero-order chi connectivity index (χ0) is 19.4. The van der Waals surface area contributed by atoms with Crippen molar-refractivity contribution in [1.82, 2.24) is 14.7 Å². The van der Waals surface area contributed by atoms with E-state index < -0.39 is 0 Å². The molecule has 0 aliphatic carbocycles. The normalized spacial score (nSPS) is 20.4. The number of hydrogen-bond donors (Lipinski definition) is 1. The number of piperidine rings is 1. The van der Waals surface area contributed by atoms with E-state index in [1.54, 1.807) is 6.07 Å². The zero-order valence-corrected chi connectivity index (χ0v) is 16.0. The van der Waals surface area contributed by atoms with Crippen LogP contribution in [0.15, 0.2) is 67.0 Å². The molecular formula is C23H26FN3O. The highest BCUT2D eigenvalue weighted by Gasteiger charge is 2.35. The van der Waals surface area contributed by atoms with E-state index in [4.69, 9.17) is 0 Å². The molecule has 0 saturated carbocycles. The van der Waals surface area contributed by atoms with E-state index in [-0.39, 0.29) is 17.8 Å². The number of para-hydroxylation sites is 1. The first-order valence-corrected chi connectivity index (χ1v) is 9.83. The van der Waals surface area contributed by atoms with Crippen molar-refractivity contribution in [3.05, 3.63) is 83.9 Å². The lowest BCUT2D eigenvalue weighted by molar-refractivity contribution is 0.0283. The quantitative estimate of drug-likeness (QED) is 0.708. The first kappa shape index (κ1) is 18.8. The third-order valence-corrected chi connectivity index (χ3v) is 5.66. The fraction of sp³-hybridized carbons (Fsp3) is 0.348. The lowest BCUT2D eigenvalue weighted by Crippen LogP contribution is -2.46. The van der Waals surface area contributed by atoms with Crippen molar-refractivity contribution in [2.24, 2.45) is 5.41 Å². The molecule has 1 atom stereocenters. The first-order valence-electron chi connectivity index (χ1n) is 9.83. The molecule has 1 aliphatic rings. The van der Waals surface area contributed by atoms with Crippen molar-refractivity contribution < 1.29 is 9.50 Å². The largest absolute Gasteiger partial charge is 0.396 e. The van der Waals surface area contributed by atoms with E-state index >= 15 is 0 Å². The summed E-state index contributed by atoms with van der Waals surface area (Å²) in [5, 5.41) is 14.6. The molecule has 146 valence electrons. The zero-order valence-electron chi connectivity index (χ0n) is 16.0. The van der Waals surface area contributed by atoms with Gasteiger partial charge in [0.1, 0.15) is 5.82 Å². The maximum atomic E-state index is 14.2. The van der Waals surface area contributed by atoms with Crippen LogP contribution in [0.3, 0.4) is 0 Å². The Kier molecular flexibility index (Phi) is 5.55. The summed E-state index contributed by atoms with van der Waals surface area (Å²) in [6.45, 7) is 2.59. The fourth-order valence-electron chi connectivity index (χ4n) is 4.24. The molecule has 1 aromatic heterocycles. The second kappa shape index (κ2) is 8.25. The fourth-order valence-corrected chi connectivity index (χ4v) is 4.24. The Balaban J connectivity index is 1.46. The minimum Gasteiger partial charge on any atom is -0.396 e. The summed E-state index contributed by atoms with van der Waals surface area (Å²) >= 11 is 0. The van der Waals surface area contributed by atoms with Gasteiger partial charge in [0.2, 0.25) is 0 Å². The lowest BCUT2D eigenvalue weighted by atomic mass is 9.75. The van der Waals surface area contributed by atoms with E-state index in [0.29, 0.717) is 12.0 Å². The van der Waals surface area contributed by atoms with Crippen LogP contribution in [0.2, 0.25) is 0 Å². The van der Waals surface area contributed by atoms with Gasteiger partial charge in [0.05, 0.1) is 18.5 Å². The van der Waals surface area contributed by atoms with Gasteiger partial charge in [0.25, 0.3) is 0 Å². The van der Waals surface area contributed by atoms with Crippen molar-refractivity contribution in [3.8, 4) is 5.69 Å². The molecule has 2 aromatic carbocycles. The van der Waals surface area contributed by atoms with E-state index in [2.05, 4.69) is 16.2 Å². The van der Waals surface area contributed by atoms with Gasteiger partial charge in [0, 0.05) is 30.3 Å². The molecule has 4 nitrogen and oxygen atoms in total. The van der Waals surface area contributed by atoms with E-state index in [0.717, 1.165) is 43.7 Å². The van der Waals surface area contributed by atoms with Crippen molar-refractivity contribution in [1.29, 1.82) is 0 Å². The van der Waals surface area contributed by atoms with Gasteiger partial charge in [-0.15, -0.1) is 0 Å². The van der Waals surface area contributed by atoms with Gasteiger partial charge in [-0.2, -0.15) is 5.10 Å². The van der Waals surface area contributed by atoms with E-state index in [1.807, 2.05) is 53.3 Å². The van der Waals surface area contributed by atoms with Gasteiger partial charge < -0.3 is 5.11 Å². The maximum absolute atomic E-state index is 14.2. The Morgan fingerprint density at radius 1 is 1.07 bits per heavy atom. The number of aliphatic hydroxyl groups is 1. The predicted octanol–water partition coefficient (Wildman–Crippen LogP) is 3.83. The summed E-state index contributed by atoms with van der Waals surface area (Å²) in [6, 6.07) is 17.0. The Hall–Kier alpha value is -2.50. The average Bonchev–Trinajstić information content (AvgIpc) is 3.19.